The molecule has 0 bridgehead atoms. The van der Waals surface area contributed by atoms with E-state index in [1.54, 1.807) is 31.2 Å². The number of rotatable bonds is 9. The van der Waals surface area contributed by atoms with Gasteiger partial charge in [-0.05, 0) is 55.0 Å². The second-order valence-electron chi connectivity index (χ2n) is 7.03. The van der Waals surface area contributed by atoms with Gasteiger partial charge in [0.05, 0.1) is 22.7 Å². The maximum Gasteiger partial charge on any atom is 0.338 e. The Morgan fingerprint density at radius 3 is 2.33 bits per heavy atom. The van der Waals surface area contributed by atoms with Crippen LogP contribution in [-0.4, -0.2) is 33.4 Å². The molecule has 7 nitrogen and oxygen atoms in total. The number of esters is 1. The molecular formula is C24H23ClN2O5S. The van der Waals surface area contributed by atoms with Crippen molar-refractivity contribution in [1.82, 2.24) is 5.32 Å². The SMILES string of the molecule is CCNC(=O)COC(=O)c1cccc(S(=O)(=O)N(Cc2ccccc2)c2ccc(Cl)cc2)c1. The quantitative estimate of drug-likeness (QED) is 0.461. The first kappa shape index (κ1) is 24.3. The Morgan fingerprint density at radius 1 is 0.970 bits per heavy atom. The Morgan fingerprint density at radius 2 is 1.67 bits per heavy atom. The number of ether oxygens (including phenoxy) is 1. The molecule has 0 aliphatic rings. The van der Waals surface area contributed by atoms with Gasteiger partial charge in [-0.1, -0.05) is 48.0 Å². The van der Waals surface area contributed by atoms with Crippen LogP contribution in [0.25, 0.3) is 0 Å². The lowest BCUT2D eigenvalue weighted by atomic mass is 10.2. The van der Waals surface area contributed by atoms with Crippen molar-refractivity contribution >= 4 is 39.2 Å². The zero-order valence-corrected chi connectivity index (χ0v) is 19.5. The van der Waals surface area contributed by atoms with E-state index in [9.17, 15) is 18.0 Å². The molecule has 0 fully saturated rings. The van der Waals surface area contributed by atoms with E-state index in [1.165, 1.54) is 28.6 Å². The number of nitrogens with zero attached hydrogens (tertiary/aromatic N) is 1. The van der Waals surface area contributed by atoms with Gasteiger partial charge < -0.3 is 10.1 Å². The van der Waals surface area contributed by atoms with E-state index < -0.39 is 28.5 Å². The molecule has 1 amide bonds. The summed E-state index contributed by atoms with van der Waals surface area (Å²) in [7, 11) is -4.06. The number of anilines is 1. The fourth-order valence-electron chi connectivity index (χ4n) is 3.05. The predicted octanol–water partition coefficient (Wildman–Crippen LogP) is 4.03. The van der Waals surface area contributed by atoms with Gasteiger partial charge in [-0.3, -0.25) is 9.10 Å². The Labute approximate surface area is 198 Å². The summed E-state index contributed by atoms with van der Waals surface area (Å²) in [6.45, 7) is 1.78. The monoisotopic (exact) mass is 486 g/mol. The summed E-state index contributed by atoms with van der Waals surface area (Å²) in [4.78, 5) is 23.8. The first-order valence-corrected chi connectivity index (χ1v) is 12.0. The van der Waals surface area contributed by atoms with E-state index in [0.717, 1.165) is 5.56 Å². The van der Waals surface area contributed by atoms with Crippen molar-refractivity contribution in [1.29, 1.82) is 0 Å². The van der Waals surface area contributed by atoms with Gasteiger partial charge in [0.15, 0.2) is 6.61 Å². The van der Waals surface area contributed by atoms with E-state index in [-0.39, 0.29) is 17.0 Å². The number of likely N-dealkylation sites (N-methyl/N-ethyl adjacent to an activating group) is 1. The molecule has 0 aromatic heterocycles. The summed E-state index contributed by atoms with van der Waals surface area (Å²) in [5.74, 6) is -1.23. The third-order valence-electron chi connectivity index (χ3n) is 4.65. The molecule has 0 aliphatic heterocycles. The molecule has 0 spiro atoms. The van der Waals surface area contributed by atoms with Gasteiger partial charge in [0.25, 0.3) is 15.9 Å². The Kier molecular flexibility index (Phi) is 8.08. The van der Waals surface area contributed by atoms with Crippen molar-refractivity contribution in [2.24, 2.45) is 0 Å². The van der Waals surface area contributed by atoms with Crippen LogP contribution < -0.4 is 9.62 Å². The minimum absolute atomic E-state index is 0.0242. The summed E-state index contributed by atoms with van der Waals surface area (Å²) < 4.78 is 33.5. The van der Waals surface area contributed by atoms with Crippen LogP contribution in [0.15, 0.2) is 83.8 Å². The molecule has 0 saturated carbocycles. The van der Waals surface area contributed by atoms with Crippen LogP contribution in [0.2, 0.25) is 5.02 Å². The molecule has 33 heavy (non-hydrogen) atoms. The van der Waals surface area contributed by atoms with E-state index in [1.807, 2.05) is 30.3 Å². The molecule has 172 valence electrons. The molecule has 0 radical (unpaired) electrons. The molecule has 9 heteroatoms. The number of halogens is 1. The number of amides is 1. The maximum absolute atomic E-state index is 13.6. The highest BCUT2D eigenvalue weighted by molar-refractivity contribution is 7.92. The van der Waals surface area contributed by atoms with Gasteiger partial charge in [0.2, 0.25) is 0 Å². The molecule has 3 aromatic carbocycles. The summed E-state index contributed by atoms with van der Waals surface area (Å²) in [5.41, 5.74) is 1.23. The smallest absolute Gasteiger partial charge is 0.338 e. The summed E-state index contributed by atoms with van der Waals surface area (Å²) in [6.07, 6.45) is 0. The van der Waals surface area contributed by atoms with Crippen molar-refractivity contribution in [3.05, 3.63) is 95.0 Å². The molecule has 0 heterocycles. The molecule has 0 saturated heterocycles. The summed E-state index contributed by atoms with van der Waals surface area (Å²) >= 11 is 5.99. The third kappa shape index (κ3) is 6.34. The average Bonchev–Trinajstić information content (AvgIpc) is 2.82. The van der Waals surface area contributed by atoms with Crippen molar-refractivity contribution in [3.63, 3.8) is 0 Å². The highest BCUT2D eigenvalue weighted by atomic mass is 35.5. The van der Waals surface area contributed by atoms with E-state index in [0.29, 0.717) is 17.3 Å². The van der Waals surface area contributed by atoms with Crippen LogP contribution in [0.4, 0.5) is 5.69 Å². The van der Waals surface area contributed by atoms with E-state index in [4.69, 9.17) is 16.3 Å². The lowest BCUT2D eigenvalue weighted by Gasteiger charge is -2.25. The predicted molar refractivity (Wildman–Crippen MR) is 127 cm³/mol. The topological polar surface area (TPSA) is 92.8 Å². The van der Waals surface area contributed by atoms with Gasteiger partial charge >= 0.3 is 5.97 Å². The van der Waals surface area contributed by atoms with Crippen molar-refractivity contribution < 1.29 is 22.7 Å². The number of carbonyl (C=O) groups excluding carboxylic acids is 2. The molecule has 0 aliphatic carbocycles. The highest BCUT2D eigenvalue weighted by Crippen LogP contribution is 2.28. The number of hydrogen-bond acceptors (Lipinski definition) is 5. The van der Waals surface area contributed by atoms with Gasteiger partial charge in [0, 0.05) is 11.6 Å². The molecule has 3 rings (SSSR count). The Balaban J connectivity index is 1.92. The molecule has 3 aromatic rings. The number of hydrogen-bond donors (Lipinski definition) is 1. The van der Waals surface area contributed by atoms with E-state index in [2.05, 4.69) is 5.32 Å². The number of carbonyl (C=O) groups is 2. The molecular weight excluding hydrogens is 464 g/mol. The summed E-state index contributed by atoms with van der Waals surface area (Å²) in [6, 6.07) is 21.1. The minimum atomic E-state index is -4.06. The molecule has 0 atom stereocenters. The molecule has 0 unspecified atom stereocenters. The fraction of sp³-hybridized carbons (Fsp3) is 0.167. The van der Waals surface area contributed by atoms with Crippen LogP contribution in [0, 0.1) is 0 Å². The normalized spacial score (nSPS) is 11.0. The zero-order chi connectivity index (χ0) is 23.8. The minimum Gasteiger partial charge on any atom is -0.452 e. The van der Waals surface area contributed by atoms with E-state index >= 15 is 0 Å². The lowest BCUT2D eigenvalue weighted by Crippen LogP contribution is -2.31. The number of nitrogens with one attached hydrogen (secondary N) is 1. The highest BCUT2D eigenvalue weighted by Gasteiger charge is 2.26. The Hall–Kier alpha value is -3.36. The summed E-state index contributed by atoms with van der Waals surface area (Å²) in [5, 5.41) is 3.00. The van der Waals surface area contributed by atoms with Crippen LogP contribution in [0.5, 0.6) is 0 Å². The van der Waals surface area contributed by atoms with Crippen LogP contribution in [-0.2, 0) is 26.1 Å². The van der Waals surface area contributed by atoms with Crippen molar-refractivity contribution in [3.8, 4) is 0 Å². The molecule has 1 N–H and O–H groups in total. The van der Waals surface area contributed by atoms with Gasteiger partial charge in [-0.25, -0.2) is 13.2 Å². The second kappa shape index (κ2) is 11.0. The van der Waals surface area contributed by atoms with Crippen LogP contribution in [0.1, 0.15) is 22.8 Å². The van der Waals surface area contributed by atoms with Crippen LogP contribution >= 0.6 is 11.6 Å². The number of sulfonamides is 1. The van der Waals surface area contributed by atoms with Gasteiger partial charge in [0.1, 0.15) is 0 Å². The third-order valence-corrected chi connectivity index (χ3v) is 6.67. The van der Waals surface area contributed by atoms with Crippen LogP contribution in [0.3, 0.4) is 0 Å². The first-order valence-electron chi connectivity index (χ1n) is 10.2. The maximum atomic E-state index is 13.6. The largest absolute Gasteiger partial charge is 0.452 e. The average molecular weight is 487 g/mol. The number of benzene rings is 3. The second-order valence-corrected chi connectivity index (χ2v) is 9.33. The van der Waals surface area contributed by atoms with Crippen molar-refractivity contribution in [2.45, 2.75) is 18.4 Å². The first-order chi connectivity index (χ1) is 15.8. The standard InChI is InChI=1S/C24H23ClN2O5S/c1-2-26-23(28)17-32-24(29)19-9-6-10-22(15-19)33(30,31)27(16-18-7-4-3-5-8-18)21-13-11-20(25)12-14-21/h3-15H,2,16-17H2,1H3,(H,26,28). The zero-order valence-electron chi connectivity index (χ0n) is 17.9. The lowest BCUT2D eigenvalue weighted by molar-refractivity contribution is -0.124. The van der Waals surface area contributed by atoms with Gasteiger partial charge in [-0.15, -0.1) is 0 Å². The Bertz CT molecular complexity index is 1220. The van der Waals surface area contributed by atoms with Gasteiger partial charge in [-0.2, -0.15) is 0 Å². The fourth-order valence-corrected chi connectivity index (χ4v) is 4.67. The van der Waals surface area contributed by atoms with Crippen molar-refractivity contribution in [2.75, 3.05) is 17.5 Å².